The minimum absolute atomic E-state index is 0.260. The predicted molar refractivity (Wildman–Crippen MR) is 57.3 cm³/mol. The summed E-state index contributed by atoms with van der Waals surface area (Å²) < 4.78 is 16.2. The molecular weight excluding hydrogens is 216 g/mol. The van der Waals surface area contributed by atoms with Gasteiger partial charge in [-0.05, 0) is 17.7 Å². The molecule has 0 aliphatic heterocycles. The molecule has 0 heterocycles. The minimum atomic E-state index is -1.35. The molecule has 1 rings (SSSR count). The van der Waals surface area contributed by atoms with E-state index in [1.54, 1.807) is 31.4 Å². The average Bonchev–Trinajstić information content (AvgIpc) is 2.17. The van der Waals surface area contributed by atoms with Crippen LogP contribution in [0.4, 0.5) is 0 Å². The van der Waals surface area contributed by atoms with Gasteiger partial charge in [-0.2, -0.15) is 0 Å². The molecule has 0 saturated carbocycles. The van der Waals surface area contributed by atoms with Gasteiger partial charge in [0.25, 0.3) is 0 Å². The summed E-state index contributed by atoms with van der Waals surface area (Å²) in [6.07, 6.45) is 0. The van der Waals surface area contributed by atoms with Gasteiger partial charge in [0.2, 0.25) is 0 Å². The van der Waals surface area contributed by atoms with Gasteiger partial charge >= 0.3 is 5.97 Å². The molecule has 0 amide bonds. The van der Waals surface area contributed by atoms with Crippen LogP contribution in [0.5, 0.6) is 5.75 Å². The van der Waals surface area contributed by atoms with Gasteiger partial charge in [-0.3, -0.25) is 9.00 Å². The van der Waals surface area contributed by atoms with Gasteiger partial charge < -0.3 is 9.84 Å². The molecule has 0 aliphatic rings. The molecule has 0 aliphatic carbocycles. The molecule has 1 aromatic rings. The summed E-state index contributed by atoms with van der Waals surface area (Å²) in [7, 11) is 0.217. The van der Waals surface area contributed by atoms with Crippen molar-refractivity contribution in [3.8, 4) is 5.75 Å². The molecule has 1 aromatic carbocycles. The SMILES string of the molecule is COc1ccc(C[S@](=O)CC(=O)O)cc1. The van der Waals surface area contributed by atoms with Crippen LogP contribution in [0, 0.1) is 0 Å². The van der Waals surface area contributed by atoms with E-state index in [1.165, 1.54) is 0 Å². The molecular formula is C10H12O4S. The number of ether oxygens (including phenoxy) is 1. The highest BCUT2D eigenvalue weighted by atomic mass is 32.2. The second-order valence-corrected chi connectivity index (χ2v) is 4.43. The quantitative estimate of drug-likeness (QED) is 0.817. The summed E-state index contributed by atoms with van der Waals surface area (Å²) >= 11 is 0. The third kappa shape index (κ3) is 4.12. The second-order valence-electron chi connectivity index (χ2n) is 2.97. The molecule has 82 valence electrons. The van der Waals surface area contributed by atoms with E-state index >= 15 is 0 Å². The molecule has 1 N–H and O–H groups in total. The highest BCUT2D eigenvalue weighted by Crippen LogP contribution is 2.12. The first-order valence-electron chi connectivity index (χ1n) is 4.31. The van der Waals surface area contributed by atoms with Crippen LogP contribution >= 0.6 is 0 Å². The largest absolute Gasteiger partial charge is 0.497 e. The van der Waals surface area contributed by atoms with E-state index in [2.05, 4.69) is 0 Å². The maximum absolute atomic E-state index is 11.3. The van der Waals surface area contributed by atoms with E-state index in [1.807, 2.05) is 0 Å². The first-order valence-corrected chi connectivity index (χ1v) is 5.80. The van der Waals surface area contributed by atoms with Crippen molar-refractivity contribution in [1.29, 1.82) is 0 Å². The maximum Gasteiger partial charge on any atom is 0.316 e. The molecule has 15 heavy (non-hydrogen) atoms. The third-order valence-electron chi connectivity index (χ3n) is 1.77. The summed E-state index contributed by atoms with van der Waals surface area (Å²) in [5, 5.41) is 8.43. The number of rotatable bonds is 5. The molecule has 0 aromatic heterocycles. The van der Waals surface area contributed by atoms with Crippen molar-refractivity contribution in [3.05, 3.63) is 29.8 Å². The smallest absolute Gasteiger partial charge is 0.316 e. The summed E-state index contributed by atoms with van der Waals surface area (Å²) in [6, 6.07) is 7.07. The lowest BCUT2D eigenvalue weighted by molar-refractivity contribution is -0.133. The Morgan fingerprint density at radius 2 is 2.00 bits per heavy atom. The van der Waals surface area contributed by atoms with E-state index in [0.29, 0.717) is 0 Å². The lowest BCUT2D eigenvalue weighted by Crippen LogP contribution is -2.10. The van der Waals surface area contributed by atoms with E-state index < -0.39 is 16.8 Å². The molecule has 5 heteroatoms. The zero-order chi connectivity index (χ0) is 11.3. The Balaban J connectivity index is 2.57. The van der Waals surface area contributed by atoms with Gasteiger partial charge in [0, 0.05) is 16.6 Å². The van der Waals surface area contributed by atoms with Crippen LogP contribution in [0.1, 0.15) is 5.56 Å². The summed E-state index contributed by atoms with van der Waals surface area (Å²) in [5.41, 5.74) is 0.843. The number of carbonyl (C=O) groups is 1. The molecule has 4 nitrogen and oxygen atoms in total. The van der Waals surface area contributed by atoms with Crippen molar-refractivity contribution in [2.45, 2.75) is 5.75 Å². The zero-order valence-corrected chi connectivity index (χ0v) is 9.12. The molecule has 0 unspecified atom stereocenters. The van der Waals surface area contributed by atoms with Crippen LogP contribution in [-0.2, 0) is 21.3 Å². The van der Waals surface area contributed by atoms with Gasteiger partial charge in [0.1, 0.15) is 11.5 Å². The Morgan fingerprint density at radius 3 is 2.47 bits per heavy atom. The number of carboxylic acid groups (broad SMARTS) is 1. The van der Waals surface area contributed by atoms with E-state index in [9.17, 15) is 9.00 Å². The van der Waals surface area contributed by atoms with Crippen molar-refractivity contribution in [3.63, 3.8) is 0 Å². The molecule has 0 fully saturated rings. The van der Waals surface area contributed by atoms with Crippen molar-refractivity contribution in [1.82, 2.24) is 0 Å². The van der Waals surface area contributed by atoms with Gasteiger partial charge in [0.05, 0.1) is 7.11 Å². The monoisotopic (exact) mass is 228 g/mol. The number of hydrogen-bond acceptors (Lipinski definition) is 3. The first kappa shape index (κ1) is 11.7. The van der Waals surface area contributed by atoms with Crippen LogP contribution in [-0.4, -0.2) is 28.1 Å². The Labute approximate surface area is 90.3 Å². The molecule has 0 bridgehead atoms. The maximum atomic E-state index is 11.3. The highest BCUT2D eigenvalue weighted by Gasteiger charge is 2.06. The fourth-order valence-electron chi connectivity index (χ4n) is 1.10. The topological polar surface area (TPSA) is 63.6 Å². The lowest BCUT2D eigenvalue weighted by atomic mass is 10.2. The Bertz CT molecular complexity index is 358. The number of benzene rings is 1. The zero-order valence-electron chi connectivity index (χ0n) is 8.30. The summed E-state index contributed by atoms with van der Waals surface area (Å²) in [5.74, 6) is -0.368. The van der Waals surface area contributed by atoms with Crippen molar-refractivity contribution in [2.24, 2.45) is 0 Å². The Morgan fingerprint density at radius 1 is 1.40 bits per heavy atom. The Kier molecular flexibility index (Phi) is 4.30. The van der Waals surface area contributed by atoms with Crippen molar-refractivity contribution in [2.75, 3.05) is 12.9 Å². The van der Waals surface area contributed by atoms with Crippen LogP contribution in [0.3, 0.4) is 0 Å². The number of hydrogen-bond donors (Lipinski definition) is 1. The number of methoxy groups -OCH3 is 1. The normalized spacial score (nSPS) is 12.1. The Hall–Kier alpha value is -1.36. The fourth-order valence-corrected chi connectivity index (χ4v) is 2.04. The van der Waals surface area contributed by atoms with Gasteiger partial charge in [-0.15, -0.1) is 0 Å². The van der Waals surface area contributed by atoms with Gasteiger partial charge in [-0.1, -0.05) is 12.1 Å². The van der Waals surface area contributed by atoms with Gasteiger partial charge in [-0.25, -0.2) is 0 Å². The molecule has 0 radical (unpaired) electrons. The van der Waals surface area contributed by atoms with Crippen LogP contribution < -0.4 is 4.74 Å². The summed E-state index contributed by atoms with van der Waals surface area (Å²) in [4.78, 5) is 10.3. The van der Waals surface area contributed by atoms with Crippen LogP contribution in [0.15, 0.2) is 24.3 Å². The first-order chi connectivity index (χ1) is 7.11. The predicted octanol–water partition coefficient (Wildman–Crippen LogP) is 1.03. The number of carboxylic acids is 1. The minimum Gasteiger partial charge on any atom is -0.497 e. The highest BCUT2D eigenvalue weighted by molar-refractivity contribution is 7.84. The molecule has 0 spiro atoms. The van der Waals surface area contributed by atoms with Gasteiger partial charge in [0.15, 0.2) is 0 Å². The van der Waals surface area contributed by atoms with Crippen molar-refractivity contribution < 1.29 is 18.8 Å². The standard InChI is InChI=1S/C10H12O4S/c1-14-9-4-2-8(3-5-9)6-15(13)7-10(11)12/h2-5H,6-7H2,1H3,(H,11,12)/t15-/m0/s1. The van der Waals surface area contributed by atoms with Crippen molar-refractivity contribution >= 4 is 16.8 Å². The molecule has 1 atom stereocenters. The number of aliphatic carboxylic acids is 1. The fraction of sp³-hybridized carbons (Fsp3) is 0.300. The average molecular weight is 228 g/mol. The second kappa shape index (κ2) is 5.50. The van der Waals surface area contributed by atoms with Crippen LogP contribution in [0.25, 0.3) is 0 Å². The van der Waals surface area contributed by atoms with E-state index in [4.69, 9.17) is 9.84 Å². The summed E-state index contributed by atoms with van der Waals surface area (Å²) in [6.45, 7) is 0. The van der Waals surface area contributed by atoms with Crippen LogP contribution in [0.2, 0.25) is 0 Å². The third-order valence-corrected chi connectivity index (χ3v) is 3.00. The van der Waals surface area contributed by atoms with E-state index in [-0.39, 0.29) is 11.5 Å². The van der Waals surface area contributed by atoms with E-state index in [0.717, 1.165) is 11.3 Å². The molecule has 0 saturated heterocycles. The lowest BCUT2D eigenvalue weighted by Gasteiger charge is -2.02.